The van der Waals surface area contributed by atoms with E-state index in [-0.39, 0.29) is 10.6 Å². The molecule has 1 unspecified atom stereocenters. The normalized spacial score (nSPS) is 12.8. The van der Waals surface area contributed by atoms with Gasteiger partial charge in [0.05, 0.1) is 4.83 Å². The van der Waals surface area contributed by atoms with Crippen LogP contribution in [0.15, 0.2) is 33.2 Å². The predicted molar refractivity (Wildman–Crippen MR) is 81.6 cm³/mol. The van der Waals surface area contributed by atoms with Gasteiger partial charge in [-0.25, -0.2) is 4.39 Å². The lowest BCUT2D eigenvalue weighted by Crippen LogP contribution is -1.91. The lowest BCUT2D eigenvalue weighted by Gasteiger charge is -2.08. The number of halogens is 4. The molecule has 2 aromatic rings. The Labute approximate surface area is 129 Å². The van der Waals surface area contributed by atoms with Gasteiger partial charge in [-0.15, -0.1) is 11.3 Å². The standard InChI is InChI=1S/C12H8Br3FS/c1-6-10(14)5-11(17-6)12(15)7-2-8(13)4-9(16)3-7/h2-5,12H,1H3. The Morgan fingerprint density at radius 3 is 2.41 bits per heavy atom. The quantitative estimate of drug-likeness (QED) is 0.485. The zero-order chi connectivity index (χ0) is 12.6. The van der Waals surface area contributed by atoms with Crippen LogP contribution in [0.25, 0.3) is 0 Å². The molecule has 0 fully saturated rings. The van der Waals surface area contributed by atoms with E-state index in [1.54, 1.807) is 17.4 Å². The van der Waals surface area contributed by atoms with Crippen LogP contribution >= 0.6 is 59.1 Å². The molecule has 0 bridgehead atoms. The van der Waals surface area contributed by atoms with E-state index in [2.05, 4.69) is 60.8 Å². The minimum absolute atomic E-state index is 0.0181. The fourth-order valence-corrected chi connectivity index (χ4v) is 4.22. The molecular weight excluding hydrogens is 435 g/mol. The molecular formula is C12H8Br3FS. The molecule has 17 heavy (non-hydrogen) atoms. The second-order valence-corrected chi connectivity index (χ2v) is 7.59. The first kappa shape index (κ1) is 13.7. The Balaban J connectivity index is 2.39. The molecule has 0 saturated heterocycles. The van der Waals surface area contributed by atoms with Crippen molar-refractivity contribution in [1.29, 1.82) is 0 Å². The summed E-state index contributed by atoms with van der Waals surface area (Å²) in [5.41, 5.74) is 0.908. The molecule has 1 aromatic heterocycles. The smallest absolute Gasteiger partial charge is 0.124 e. The van der Waals surface area contributed by atoms with Gasteiger partial charge in [0.2, 0.25) is 0 Å². The first-order valence-corrected chi connectivity index (χ1v) is 8.15. The molecule has 0 spiro atoms. The summed E-state index contributed by atoms with van der Waals surface area (Å²) in [6.07, 6.45) is 0. The van der Waals surface area contributed by atoms with E-state index in [1.807, 2.05) is 6.07 Å². The van der Waals surface area contributed by atoms with Crippen LogP contribution in [0, 0.1) is 12.7 Å². The third-order valence-corrected chi connectivity index (χ3v) is 6.29. The zero-order valence-corrected chi connectivity index (χ0v) is 14.4. The highest BCUT2D eigenvalue weighted by atomic mass is 79.9. The molecule has 2 rings (SSSR count). The molecule has 0 aliphatic heterocycles. The summed E-state index contributed by atoms with van der Waals surface area (Å²) in [4.78, 5) is 2.40. The molecule has 0 nitrogen and oxygen atoms in total. The SMILES string of the molecule is Cc1sc(C(Br)c2cc(F)cc(Br)c2)cc1Br. The first-order valence-electron chi connectivity index (χ1n) is 4.83. The number of thiophene rings is 1. The number of alkyl halides is 1. The molecule has 5 heteroatoms. The number of benzene rings is 1. The summed E-state index contributed by atoms with van der Waals surface area (Å²) in [5, 5.41) is 0. The predicted octanol–water partition coefficient (Wildman–Crippen LogP) is 6.20. The molecule has 0 radical (unpaired) electrons. The number of aryl methyl sites for hydroxylation is 1. The van der Waals surface area contributed by atoms with Gasteiger partial charge in [-0.2, -0.15) is 0 Å². The Kier molecular flexibility index (Phi) is 4.45. The second-order valence-electron chi connectivity index (χ2n) is 3.62. The zero-order valence-electron chi connectivity index (χ0n) is 8.81. The Hall–Kier alpha value is 0.290. The fourth-order valence-electron chi connectivity index (χ4n) is 1.49. The van der Waals surface area contributed by atoms with Crippen molar-refractivity contribution in [2.24, 2.45) is 0 Å². The molecule has 0 saturated carbocycles. The van der Waals surface area contributed by atoms with Crippen LogP contribution in [0.3, 0.4) is 0 Å². The van der Waals surface area contributed by atoms with Crippen molar-refractivity contribution < 1.29 is 4.39 Å². The Morgan fingerprint density at radius 2 is 1.88 bits per heavy atom. The summed E-state index contributed by atoms with van der Waals surface area (Å²) >= 11 is 12.1. The van der Waals surface area contributed by atoms with Crippen molar-refractivity contribution in [1.82, 2.24) is 0 Å². The lowest BCUT2D eigenvalue weighted by molar-refractivity contribution is 0.625. The maximum Gasteiger partial charge on any atom is 0.124 e. The molecule has 0 N–H and O–H groups in total. The van der Waals surface area contributed by atoms with Gasteiger partial charge in [0.1, 0.15) is 5.82 Å². The highest BCUT2D eigenvalue weighted by Crippen LogP contribution is 2.39. The summed E-state index contributed by atoms with van der Waals surface area (Å²) in [6.45, 7) is 2.06. The molecule has 90 valence electrons. The van der Waals surface area contributed by atoms with E-state index in [0.29, 0.717) is 0 Å². The summed E-state index contributed by atoms with van der Waals surface area (Å²) in [6, 6.07) is 7.00. The van der Waals surface area contributed by atoms with Crippen LogP contribution < -0.4 is 0 Å². The molecule has 1 atom stereocenters. The third-order valence-electron chi connectivity index (χ3n) is 2.30. The van der Waals surface area contributed by atoms with Crippen molar-refractivity contribution in [3.8, 4) is 0 Å². The van der Waals surface area contributed by atoms with Crippen LogP contribution in [0.5, 0.6) is 0 Å². The number of hydrogen-bond acceptors (Lipinski definition) is 1. The van der Waals surface area contributed by atoms with E-state index in [4.69, 9.17) is 0 Å². The highest BCUT2D eigenvalue weighted by Gasteiger charge is 2.15. The maximum atomic E-state index is 13.3. The topological polar surface area (TPSA) is 0 Å². The maximum absolute atomic E-state index is 13.3. The van der Waals surface area contributed by atoms with Crippen LogP contribution in [0.2, 0.25) is 0 Å². The minimum atomic E-state index is -0.230. The molecule has 0 aliphatic carbocycles. The third kappa shape index (κ3) is 3.19. The molecule has 1 aromatic carbocycles. The van der Waals surface area contributed by atoms with Gasteiger partial charge in [-0.1, -0.05) is 31.9 Å². The summed E-state index contributed by atoms with van der Waals surface area (Å²) in [5.74, 6) is -0.230. The monoisotopic (exact) mass is 440 g/mol. The Bertz CT molecular complexity index is 511. The first-order chi connectivity index (χ1) is 7.97. The van der Waals surface area contributed by atoms with Crippen LogP contribution in [0.1, 0.15) is 20.1 Å². The van der Waals surface area contributed by atoms with Crippen molar-refractivity contribution in [3.05, 3.63) is 54.3 Å². The van der Waals surface area contributed by atoms with Crippen LogP contribution in [-0.4, -0.2) is 0 Å². The van der Waals surface area contributed by atoms with Gasteiger partial charge >= 0.3 is 0 Å². The van der Waals surface area contributed by atoms with Gasteiger partial charge < -0.3 is 0 Å². The lowest BCUT2D eigenvalue weighted by atomic mass is 10.1. The highest BCUT2D eigenvalue weighted by molar-refractivity contribution is 9.11. The molecule has 0 amide bonds. The van der Waals surface area contributed by atoms with Crippen LogP contribution in [0.4, 0.5) is 4.39 Å². The van der Waals surface area contributed by atoms with E-state index in [1.165, 1.54) is 10.9 Å². The van der Waals surface area contributed by atoms with Crippen molar-refractivity contribution in [3.63, 3.8) is 0 Å². The van der Waals surface area contributed by atoms with Crippen LogP contribution in [-0.2, 0) is 0 Å². The number of rotatable bonds is 2. The summed E-state index contributed by atoms with van der Waals surface area (Å²) < 4.78 is 15.2. The average Bonchev–Trinajstić information content (AvgIpc) is 2.57. The van der Waals surface area contributed by atoms with E-state index >= 15 is 0 Å². The van der Waals surface area contributed by atoms with Crippen molar-refractivity contribution >= 4 is 59.1 Å². The van der Waals surface area contributed by atoms with Gasteiger partial charge in [0, 0.05) is 18.7 Å². The second kappa shape index (κ2) is 5.51. The molecule has 0 aliphatic rings. The van der Waals surface area contributed by atoms with E-state index in [9.17, 15) is 4.39 Å². The van der Waals surface area contributed by atoms with Gasteiger partial charge in [0.15, 0.2) is 0 Å². The fraction of sp³-hybridized carbons (Fsp3) is 0.167. The van der Waals surface area contributed by atoms with Gasteiger partial charge in [-0.3, -0.25) is 0 Å². The number of hydrogen-bond donors (Lipinski definition) is 0. The van der Waals surface area contributed by atoms with Gasteiger partial charge in [0.25, 0.3) is 0 Å². The van der Waals surface area contributed by atoms with Crippen molar-refractivity contribution in [2.75, 3.05) is 0 Å². The molecule has 1 heterocycles. The van der Waals surface area contributed by atoms with Crippen molar-refractivity contribution in [2.45, 2.75) is 11.8 Å². The van der Waals surface area contributed by atoms with Gasteiger partial charge in [-0.05, 0) is 52.7 Å². The summed E-state index contributed by atoms with van der Waals surface area (Å²) in [7, 11) is 0. The largest absolute Gasteiger partial charge is 0.207 e. The van der Waals surface area contributed by atoms with E-state index < -0.39 is 0 Å². The average molecular weight is 443 g/mol. The minimum Gasteiger partial charge on any atom is -0.207 e. The Morgan fingerprint density at radius 1 is 1.18 bits per heavy atom. The van der Waals surface area contributed by atoms with E-state index in [0.717, 1.165) is 19.4 Å².